The maximum Gasteiger partial charge on any atom is 0.317 e. The fourth-order valence-corrected chi connectivity index (χ4v) is 4.51. The molecule has 0 unspecified atom stereocenters. The van der Waals surface area contributed by atoms with E-state index in [9.17, 15) is 4.79 Å². The quantitative estimate of drug-likeness (QED) is 0.907. The number of hydrogen-bond acceptors (Lipinski definition) is 2. The molecule has 25 heavy (non-hydrogen) atoms. The first-order chi connectivity index (χ1) is 12.1. The molecule has 0 bridgehead atoms. The smallest absolute Gasteiger partial charge is 0.317 e. The van der Waals surface area contributed by atoms with Crippen molar-refractivity contribution in [1.29, 1.82) is 0 Å². The third-order valence-corrected chi connectivity index (χ3v) is 5.65. The molecule has 1 aromatic rings. The van der Waals surface area contributed by atoms with E-state index in [4.69, 9.17) is 0 Å². The Hall–Kier alpha value is -1.55. The lowest BCUT2D eigenvalue weighted by atomic mass is 9.89. The van der Waals surface area contributed by atoms with Gasteiger partial charge in [-0.25, -0.2) is 4.79 Å². The molecule has 2 aliphatic heterocycles. The highest BCUT2D eigenvalue weighted by atomic mass is 16.2. The number of carbonyl (C=O) groups excluding carboxylic acids is 1. The van der Waals surface area contributed by atoms with Gasteiger partial charge in [-0.3, -0.25) is 0 Å². The second-order valence-electron chi connectivity index (χ2n) is 8.24. The van der Waals surface area contributed by atoms with E-state index in [1.54, 1.807) is 0 Å². The van der Waals surface area contributed by atoms with Crippen LogP contribution in [-0.2, 0) is 6.54 Å². The minimum absolute atomic E-state index is 0.0857. The number of piperidine rings is 2. The van der Waals surface area contributed by atoms with Gasteiger partial charge >= 0.3 is 6.03 Å². The minimum Gasteiger partial charge on any atom is -0.334 e. The topological polar surface area (TPSA) is 35.6 Å². The largest absolute Gasteiger partial charge is 0.334 e. The number of hydrogen-bond donors (Lipinski definition) is 1. The molecule has 3 rings (SSSR count). The predicted molar refractivity (Wildman–Crippen MR) is 102 cm³/mol. The monoisotopic (exact) mass is 343 g/mol. The lowest BCUT2D eigenvalue weighted by Crippen LogP contribution is -2.47. The van der Waals surface area contributed by atoms with E-state index in [0.717, 1.165) is 49.2 Å². The molecular weight excluding hydrogens is 310 g/mol. The number of urea groups is 1. The summed E-state index contributed by atoms with van der Waals surface area (Å²) in [4.78, 5) is 17.0. The van der Waals surface area contributed by atoms with E-state index in [-0.39, 0.29) is 6.03 Å². The first-order valence-electron chi connectivity index (χ1n) is 9.89. The zero-order chi connectivity index (χ0) is 17.6. The summed E-state index contributed by atoms with van der Waals surface area (Å²) < 4.78 is 0. The van der Waals surface area contributed by atoms with Gasteiger partial charge in [0.25, 0.3) is 0 Å². The van der Waals surface area contributed by atoms with Crippen LogP contribution in [0.5, 0.6) is 0 Å². The van der Waals surface area contributed by atoms with Crippen LogP contribution >= 0.6 is 0 Å². The lowest BCUT2D eigenvalue weighted by Gasteiger charge is -2.39. The van der Waals surface area contributed by atoms with Gasteiger partial charge in [0.15, 0.2) is 0 Å². The highest BCUT2D eigenvalue weighted by Crippen LogP contribution is 2.25. The maximum absolute atomic E-state index is 12.4. The minimum atomic E-state index is 0.0857. The number of amides is 2. The van der Waals surface area contributed by atoms with Gasteiger partial charge in [-0.05, 0) is 42.6 Å². The molecule has 0 aromatic heterocycles. The van der Waals surface area contributed by atoms with Gasteiger partial charge in [-0.15, -0.1) is 0 Å². The van der Waals surface area contributed by atoms with Crippen LogP contribution in [0.25, 0.3) is 0 Å². The second kappa shape index (κ2) is 8.70. The molecule has 2 heterocycles. The van der Waals surface area contributed by atoms with Crippen molar-refractivity contribution >= 4 is 6.03 Å². The number of nitrogens with one attached hydrogen (secondary N) is 1. The molecule has 1 N–H and O–H groups in total. The molecule has 2 aliphatic rings. The number of benzene rings is 1. The van der Waals surface area contributed by atoms with Crippen molar-refractivity contribution in [2.75, 3.05) is 32.7 Å². The fourth-order valence-electron chi connectivity index (χ4n) is 4.51. The van der Waals surface area contributed by atoms with E-state index in [1.165, 1.54) is 26.1 Å². The van der Waals surface area contributed by atoms with Crippen molar-refractivity contribution < 1.29 is 4.79 Å². The van der Waals surface area contributed by atoms with Crippen molar-refractivity contribution in [2.24, 2.45) is 17.8 Å². The van der Waals surface area contributed by atoms with Crippen LogP contribution < -0.4 is 5.32 Å². The first kappa shape index (κ1) is 18.2. The maximum atomic E-state index is 12.4. The molecule has 138 valence electrons. The Kier molecular flexibility index (Phi) is 6.35. The van der Waals surface area contributed by atoms with E-state index in [1.807, 2.05) is 35.2 Å². The molecule has 4 heteroatoms. The van der Waals surface area contributed by atoms with E-state index in [0.29, 0.717) is 6.54 Å². The Morgan fingerprint density at radius 2 is 1.72 bits per heavy atom. The summed E-state index contributed by atoms with van der Waals surface area (Å²) in [6.07, 6.45) is 3.65. The summed E-state index contributed by atoms with van der Waals surface area (Å²) in [5.74, 6) is 2.40. The van der Waals surface area contributed by atoms with Crippen LogP contribution in [-0.4, -0.2) is 48.6 Å². The Labute approximate surface area is 152 Å². The zero-order valence-corrected chi connectivity index (χ0v) is 15.8. The van der Waals surface area contributed by atoms with Crippen molar-refractivity contribution in [3.63, 3.8) is 0 Å². The van der Waals surface area contributed by atoms with E-state index in [2.05, 4.69) is 24.1 Å². The first-order valence-corrected chi connectivity index (χ1v) is 9.89. The second-order valence-corrected chi connectivity index (χ2v) is 8.24. The summed E-state index contributed by atoms with van der Waals surface area (Å²) in [6.45, 7) is 10.9. The van der Waals surface area contributed by atoms with Crippen LogP contribution in [0.4, 0.5) is 4.79 Å². The predicted octanol–water partition coefficient (Wildman–Crippen LogP) is 3.59. The Morgan fingerprint density at radius 3 is 2.36 bits per heavy atom. The van der Waals surface area contributed by atoms with Crippen LogP contribution in [0.2, 0.25) is 0 Å². The van der Waals surface area contributed by atoms with Gasteiger partial charge in [0, 0.05) is 39.3 Å². The third-order valence-electron chi connectivity index (χ3n) is 5.65. The van der Waals surface area contributed by atoms with Crippen molar-refractivity contribution in [2.45, 2.75) is 39.7 Å². The van der Waals surface area contributed by atoms with Gasteiger partial charge in [-0.1, -0.05) is 44.2 Å². The van der Waals surface area contributed by atoms with Crippen LogP contribution in [0, 0.1) is 17.8 Å². The standard InChI is InChI=1S/C21H33N3O/c1-17-12-18(2)15-23(14-17)16-20-8-10-24(11-9-20)21(25)22-13-19-6-4-3-5-7-19/h3-7,17-18,20H,8-16H2,1-2H3,(H,22,25)/t17-,18-/m1/s1. The summed E-state index contributed by atoms with van der Waals surface area (Å²) in [6, 6.07) is 10.2. The third kappa shape index (κ3) is 5.46. The molecule has 2 atom stereocenters. The number of likely N-dealkylation sites (tertiary alicyclic amines) is 2. The Morgan fingerprint density at radius 1 is 1.08 bits per heavy atom. The summed E-state index contributed by atoms with van der Waals surface area (Å²) in [5, 5.41) is 3.05. The van der Waals surface area contributed by atoms with E-state index < -0.39 is 0 Å². The molecular formula is C21H33N3O. The molecule has 0 radical (unpaired) electrons. The SMILES string of the molecule is C[C@@H]1C[C@@H](C)CN(CC2CCN(C(=O)NCc3ccccc3)CC2)C1. The molecule has 1 aromatic carbocycles. The zero-order valence-electron chi connectivity index (χ0n) is 15.8. The molecule has 0 aliphatic carbocycles. The van der Waals surface area contributed by atoms with Crippen molar-refractivity contribution in [3.05, 3.63) is 35.9 Å². The summed E-state index contributed by atoms with van der Waals surface area (Å²) >= 11 is 0. The van der Waals surface area contributed by atoms with Gasteiger partial charge in [0.2, 0.25) is 0 Å². The normalized spacial score (nSPS) is 25.8. The van der Waals surface area contributed by atoms with Crippen LogP contribution in [0.1, 0.15) is 38.7 Å². The number of rotatable bonds is 4. The van der Waals surface area contributed by atoms with Gasteiger partial charge < -0.3 is 15.1 Å². The van der Waals surface area contributed by atoms with Crippen LogP contribution in [0.3, 0.4) is 0 Å². The van der Waals surface area contributed by atoms with Crippen molar-refractivity contribution in [1.82, 2.24) is 15.1 Å². The number of nitrogens with zero attached hydrogens (tertiary/aromatic N) is 2. The molecule has 2 fully saturated rings. The van der Waals surface area contributed by atoms with Crippen molar-refractivity contribution in [3.8, 4) is 0 Å². The number of carbonyl (C=O) groups is 1. The Balaban J connectivity index is 1.38. The molecule has 0 saturated carbocycles. The summed E-state index contributed by atoms with van der Waals surface area (Å²) in [5.41, 5.74) is 1.15. The molecule has 2 saturated heterocycles. The highest BCUT2D eigenvalue weighted by molar-refractivity contribution is 5.74. The van der Waals surface area contributed by atoms with Crippen LogP contribution in [0.15, 0.2) is 30.3 Å². The highest BCUT2D eigenvalue weighted by Gasteiger charge is 2.27. The Bertz CT molecular complexity index is 529. The van der Waals surface area contributed by atoms with Gasteiger partial charge in [-0.2, -0.15) is 0 Å². The fraction of sp³-hybridized carbons (Fsp3) is 0.667. The average molecular weight is 344 g/mol. The molecule has 0 spiro atoms. The summed E-state index contributed by atoms with van der Waals surface area (Å²) in [7, 11) is 0. The van der Waals surface area contributed by atoms with Gasteiger partial charge in [0.1, 0.15) is 0 Å². The molecule has 4 nitrogen and oxygen atoms in total. The van der Waals surface area contributed by atoms with E-state index >= 15 is 0 Å². The molecule has 2 amide bonds. The van der Waals surface area contributed by atoms with Gasteiger partial charge in [0.05, 0.1) is 0 Å². The average Bonchev–Trinajstić information content (AvgIpc) is 2.60. The lowest BCUT2D eigenvalue weighted by molar-refractivity contribution is 0.0995.